The van der Waals surface area contributed by atoms with Crippen LogP contribution in [0.2, 0.25) is 0 Å². The highest BCUT2D eigenvalue weighted by molar-refractivity contribution is 5.33. The Morgan fingerprint density at radius 1 is 0.625 bits per heavy atom. The van der Waals surface area contributed by atoms with Crippen molar-refractivity contribution in [3.05, 3.63) is 100 Å². The van der Waals surface area contributed by atoms with Crippen LogP contribution in [0.4, 0.5) is 0 Å². The maximum atomic E-state index is 6.39. The first kappa shape index (κ1) is 16.4. The predicted octanol–water partition coefficient (Wildman–Crippen LogP) is 3.79. The quantitative estimate of drug-likeness (QED) is 0.769. The van der Waals surface area contributed by atoms with Gasteiger partial charge in [0.15, 0.2) is 0 Å². The van der Waals surface area contributed by atoms with Gasteiger partial charge in [-0.3, -0.25) is 4.98 Å². The van der Waals surface area contributed by atoms with Gasteiger partial charge in [-0.2, -0.15) is 0 Å². The van der Waals surface area contributed by atoms with Gasteiger partial charge in [0.1, 0.15) is 0 Å². The van der Waals surface area contributed by atoms with Crippen molar-refractivity contribution in [1.82, 2.24) is 4.98 Å². The Hall–Kier alpha value is -2.49. The van der Waals surface area contributed by atoms with E-state index in [0.717, 1.165) is 22.5 Å². The van der Waals surface area contributed by atoms with Gasteiger partial charge in [0.25, 0.3) is 0 Å². The van der Waals surface area contributed by atoms with Crippen LogP contribution in [0.15, 0.2) is 66.7 Å². The second-order valence-corrected chi connectivity index (χ2v) is 6.26. The zero-order chi connectivity index (χ0) is 17.1. The molecule has 0 fully saturated rings. The van der Waals surface area contributed by atoms with Gasteiger partial charge in [0, 0.05) is 0 Å². The van der Waals surface area contributed by atoms with Crippen LogP contribution in [0.25, 0.3) is 0 Å². The molecule has 24 heavy (non-hydrogen) atoms. The van der Waals surface area contributed by atoms with E-state index in [-0.39, 0.29) is 12.1 Å². The number of aryl methyl sites for hydroxylation is 2. The van der Waals surface area contributed by atoms with Crippen molar-refractivity contribution in [1.29, 1.82) is 0 Å². The molecular formula is C21H23N3. The van der Waals surface area contributed by atoms with Crippen LogP contribution >= 0.6 is 0 Å². The van der Waals surface area contributed by atoms with Gasteiger partial charge in [-0.05, 0) is 37.1 Å². The summed E-state index contributed by atoms with van der Waals surface area (Å²) in [6, 6.07) is 21.8. The fraction of sp³-hybridized carbons (Fsp3) is 0.190. The number of benzene rings is 2. The largest absolute Gasteiger partial charge is 0.319 e. The number of nitrogens with two attached hydrogens (primary N) is 2. The molecule has 1 unspecified atom stereocenters. The van der Waals surface area contributed by atoms with Gasteiger partial charge in [0.2, 0.25) is 0 Å². The minimum Gasteiger partial charge on any atom is -0.319 e. The Balaban J connectivity index is 1.88. The summed E-state index contributed by atoms with van der Waals surface area (Å²) < 4.78 is 0. The standard InChI is InChI=1S/C21H23N3/c1-14-6-10-16(11-7-14)20(22)18-4-3-5-19(24-18)21(23)17-12-8-15(2)9-13-17/h3-13,20-21H,22-23H2,1-2H3/t20-,21?/m0/s1. The first-order chi connectivity index (χ1) is 11.5. The van der Waals surface area contributed by atoms with E-state index in [1.165, 1.54) is 11.1 Å². The van der Waals surface area contributed by atoms with Gasteiger partial charge in [-0.25, -0.2) is 0 Å². The maximum absolute atomic E-state index is 6.39. The highest BCUT2D eigenvalue weighted by Crippen LogP contribution is 2.22. The van der Waals surface area contributed by atoms with Crippen LogP contribution in [0.5, 0.6) is 0 Å². The summed E-state index contributed by atoms with van der Waals surface area (Å²) >= 11 is 0. The van der Waals surface area contributed by atoms with Crippen molar-refractivity contribution in [2.75, 3.05) is 0 Å². The monoisotopic (exact) mass is 317 g/mol. The fourth-order valence-electron chi connectivity index (χ4n) is 2.70. The van der Waals surface area contributed by atoms with Crippen LogP contribution in [0.3, 0.4) is 0 Å². The molecule has 1 heterocycles. The summed E-state index contributed by atoms with van der Waals surface area (Å²) in [7, 11) is 0. The summed E-state index contributed by atoms with van der Waals surface area (Å²) in [6.45, 7) is 4.13. The molecule has 2 aromatic carbocycles. The molecule has 0 spiro atoms. The number of hydrogen-bond acceptors (Lipinski definition) is 3. The molecule has 3 rings (SSSR count). The lowest BCUT2D eigenvalue weighted by molar-refractivity contribution is 0.772. The topological polar surface area (TPSA) is 64.9 Å². The Labute approximate surface area is 143 Å². The van der Waals surface area contributed by atoms with E-state index in [0.29, 0.717) is 0 Å². The van der Waals surface area contributed by atoms with E-state index in [9.17, 15) is 0 Å². The minimum atomic E-state index is -0.254. The summed E-state index contributed by atoms with van der Waals surface area (Å²) in [5.41, 5.74) is 19.0. The van der Waals surface area contributed by atoms with Crippen LogP contribution in [0, 0.1) is 13.8 Å². The SMILES string of the molecule is Cc1ccc(C(N)c2cccc([C@@H](N)c3ccc(C)cc3)n2)cc1. The maximum Gasteiger partial charge on any atom is 0.0726 e. The van der Waals surface area contributed by atoms with E-state index in [1.807, 2.05) is 42.5 Å². The highest BCUT2D eigenvalue weighted by atomic mass is 14.8. The molecule has 0 saturated carbocycles. The zero-order valence-corrected chi connectivity index (χ0v) is 14.1. The molecule has 0 amide bonds. The molecule has 2 atom stereocenters. The third-order valence-corrected chi connectivity index (χ3v) is 4.30. The number of pyridine rings is 1. The average molecular weight is 317 g/mol. The van der Waals surface area contributed by atoms with Gasteiger partial charge in [-0.1, -0.05) is 65.7 Å². The van der Waals surface area contributed by atoms with Gasteiger partial charge < -0.3 is 11.5 Å². The molecule has 3 heteroatoms. The molecule has 3 nitrogen and oxygen atoms in total. The number of nitrogens with zero attached hydrogens (tertiary/aromatic N) is 1. The van der Waals surface area contributed by atoms with Crippen molar-refractivity contribution >= 4 is 0 Å². The van der Waals surface area contributed by atoms with Crippen molar-refractivity contribution < 1.29 is 0 Å². The van der Waals surface area contributed by atoms with Crippen LogP contribution in [0.1, 0.15) is 45.7 Å². The number of aromatic nitrogens is 1. The lowest BCUT2D eigenvalue weighted by Gasteiger charge is -2.16. The predicted molar refractivity (Wildman–Crippen MR) is 98.7 cm³/mol. The smallest absolute Gasteiger partial charge is 0.0726 e. The Morgan fingerprint density at radius 2 is 1.00 bits per heavy atom. The zero-order valence-electron chi connectivity index (χ0n) is 14.1. The molecule has 0 aliphatic heterocycles. The van der Waals surface area contributed by atoms with Gasteiger partial charge >= 0.3 is 0 Å². The molecule has 4 N–H and O–H groups in total. The van der Waals surface area contributed by atoms with E-state index < -0.39 is 0 Å². The summed E-state index contributed by atoms with van der Waals surface area (Å²) in [5.74, 6) is 0. The van der Waals surface area contributed by atoms with Gasteiger partial charge in [0.05, 0.1) is 23.5 Å². The summed E-state index contributed by atoms with van der Waals surface area (Å²) in [4.78, 5) is 4.72. The Morgan fingerprint density at radius 3 is 1.38 bits per heavy atom. The molecule has 122 valence electrons. The minimum absolute atomic E-state index is 0.254. The first-order valence-corrected chi connectivity index (χ1v) is 8.16. The van der Waals surface area contributed by atoms with Crippen LogP contribution < -0.4 is 11.5 Å². The third kappa shape index (κ3) is 3.53. The Kier molecular flexibility index (Phi) is 4.74. The lowest BCUT2D eigenvalue weighted by Crippen LogP contribution is -2.18. The normalized spacial score (nSPS) is 13.5. The third-order valence-electron chi connectivity index (χ3n) is 4.30. The molecule has 3 aromatic rings. The average Bonchev–Trinajstić information content (AvgIpc) is 2.62. The fourth-order valence-corrected chi connectivity index (χ4v) is 2.70. The van der Waals surface area contributed by atoms with Crippen LogP contribution in [-0.4, -0.2) is 4.98 Å². The highest BCUT2D eigenvalue weighted by Gasteiger charge is 2.14. The molecule has 0 saturated heterocycles. The summed E-state index contributed by atoms with van der Waals surface area (Å²) in [6.07, 6.45) is 0. The molecule has 0 aliphatic carbocycles. The van der Waals surface area contributed by atoms with E-state index in [4.69, 9.17) is 16.5 Å². The van der Waals surface area contributed by atoms with E-state index >= 15 is 0 Å². The number of rotatable bonds is 4. The Bertz CT molecular complexity index is 740. The van der Waals surface area contributed by atoms with Crippen LogP contribution in [-0.2, 0) is 0 Å². The molecule has 0 bridgehead atoms. The van der Waals surface area contributed by atoms with Gasteiger partial charge in [-0.15, -0.1) is 0 Å². The first-order valence-electron chi connectivity index (χ1n) is 8.16. The van der Waals surface area contributed by atoms with E-state index in [1.54, 1.807) is 0 Å². The van der Waals surface area contributed by atoms with Crippen molar-refractivity contribution in [3.8, 4) is 0 Å². The molecular weight excluding hydrogens is 294 g/mol. The summed E-state index contributed by atoms with van der Waals surface area (Å²) in [5, 5.41) is 0. The lowest BCUT2D eigenvalue weighted by atomic mass is 10.00. The number of hydrogen-bond donors (Lipinski definition) is 2. The molecule has 0 aliphatic rings. The van der Waals surface area contributed by atoms with Crippen molar-refractivity contribution in [2.45, 2.75) is 25.9 Å². The molecule has 1 aromatic heterocycles. The second kappa shape index (κ2) is 6.95. The second-order valence-electron chi connectivity index (χ2n) is 6.26. The van der Waals surface area contributed by atoms with Crippen molar-refractivity contribution in [3.63, 3.8) is 0 Å². The molecule has 0 radical (unpaired) electrons. The van der Waals surface area contributed by atoms with E-state index in [2.05, 4.69) is 38.1 Å². The van der Waals surface area contributed by atoms with Crippen molar-refractivity contribution in [2.24, 2.45) is 11.5 Å².